The average Bonchev–Trinajstić information content (AvgIpc) is 2.43. The molecule has 0 radical (unpaired) electrons. The van der Waals surface area contributed by atoms with E-state index < -0.39 is 40.8 Å². The van der Waals surface area contributed by atoms with Crippen molar-refractivity contribution in [1.29, 1.82) is 0 Å². The van der Waals surface area contributed by atoms with E-state index in [1.165, 1.54) is 0 Å². The molecule has 2 aromatic rings. The zero-order valence-electron chi connectivity index (χ0n) is 12.4. The molecule has 0 atom stereocenters. The van der Waals surface area contributed by atoms with Crippen molar-refractivity contribution in [2.45, 2.75) is 25.5 Å². The van der Waals surface area contributed by atoms with Gasteiger partial charge < -0.3 is 0 Å². The number of benzene rings is 2. The van der Waals surface area contributed by atoms with Gasteiger partial charge in [0.05, 0.1) is 16.7 Å². The molecular weight excluding hydrogens is 363 g/mol. The van der Waals surface area contributed by atoms with Crippen LogP contribution in [0.3, 0.4) is 0 Å². The van der Waals surface area contributed by atoms with E-state index in [4.69, 9.17) is 0 Å². The van der Waals surface area contributed by atoms with E-state index in [-0.39, 0.29) is 17.2 Å². The summed E-state index contributed by atoms with van der Waals surface area (Å²) in [6.45, 7) is 1.06. The van der Waals surface area contributed by atoms with Gasteiger partial charge in [-0.15, -0.1) is 0 Å². The smallest absolute Gasteiger partial charge is 0.166 e. The first-order valence-electron chi connectivity index (χ1n) is 6.68. The summed E-state index contributed by atoms with van der Waals surface area (Å²) in [6, 6.07) is 3.27. The lowest BCUT2D eigenvalue weighted by atomic mass is 9.94. The fourth-order valence-corrected chi connectivity index (χ4v) is 2.36. The van der Waals surface area contributed by atoms with Crippen LogP contribution in [0.1, 0.15) is 22.3 Å². The molecule has 25 heavy (non-hydrogen) atoms. The summed E-state index contributed by atoms with van der Waals surface area (Å²) in [4.78, 5) is 0. The zero-order chi connectivity index (χ0) is 19.2. The molecule has 0 aromatic heterocycles. The lowest BCUT2D eigenvalue weighted by Crippen LogP contribution is -2.12. The Morgan fingerprint density at radius 1 is 0.600 bits per heavy atom. The second-order valence-electron chi connectivity index (χ2n) is 5.28. The number of hydrogen-bond donors (Lipinski definition) is 0. The monoisotopic (exact) mass is 372 g/mol. The summed E-state index contributed by atoms with van der Waals surface area (Å²) in [5.74, 6) is 0. The molecule has 0 fully saturated rings. The van der Waals surface area contributed by atoms with E-state index >= 15 is 0 Å². The SMILES string of the molecule is Cc1cc(-c2ccc(C(F)(F)F)cc2C(F)(F)F)ccc1C(F)(F)F. The summed E-state index contributed by atoms with van der Waals surface area (Å²) < 4.78 is 116. The quantitative estimate of drug-likeness (QED) is 0.488. The largest absolute Gasteiger partial charge is 0.417 e. The highest BCUT2D eigenvalue weighted by molar-refractivity contribution is 5.70. The first-order chi connectivity index (χ1) is 11.2. The summed E-state index contributed by atoms with van der Waals surface area (Å²) in [7, 11) is 0. The highest BCUT2D eigenvalue weighted by Crippen LogP contribution is 2.42. The van der Waals surface area contributed by atoms with E-state index in [0.717, 1.165) is 19.1 Å². The van der Waals surface area contributed by atoms with Gasteiger partial charge in [-0.2, -0.15) is 39.5 Å². The summed E-state index contributed by atoms with van der Waals surface area (Å²) in [6.07, 6.45) is -14.8. The van der Waals surface area contributed by atoms with Gasteiger partial charge >= 0.3 is 18.5 Å². The van der Waals surface area contributed by atoms with E-state index in [9.17, 15) is 39.5 Å². The minimum absolute atomic E-state index is 0.0532. The third-order valence-electron chi connectivity index (χ3n) is 3.50. The van der Waals surface area contributed by atoms with Gasteiger partial charge in [-0.1, -0.05) is 18.2 Å². The molecule has 0 N–H and O–H groups in total. The van der Waals surface area contributed by atoms with Gasteiger partial charge in [0.2, 0.25) is 0 Å². The van der Waals surface area contributed by atoms with Crippen LogP contribution < -0.4 is 0 Å². The molecule has 0 bridgehead atoms. The van der Waals surface area contributed by atoms with Crippen LogP contribution in [0.25, 0.3) is 11.1 Å². The third kappa shape index (κ3) is 4.08. The molecular formula is C16H9F9. The topological polar surface area (TPSA) is 0 Å². The second kappa shape index (κ2) is 5.96. The Morgan fingerprint density at radius 3 is 1.60 bits per heavy atom. The third-order valence-corrected chi connectivity index (χ3v) is 3.50. The highest BCUT2D eigenvalue weighted by Gasteiger charge is 2.38. The van der Waals surface area contributed by atoms with Crippen molar-refractivity contribution in [3.8, 4) is 11.1 Å². The lowest BCUT2D eigenvalue weighted by molar-refractivity contribution is -0.143. The molecule has 0 nitrogen and oxygen atoms in total. The Morgan fingerprint density at radius 2 is 1.16 bits per heavy atom. The van der Waals surface area contributed by atoms with Crippen LogP contribution in [0.15, 0.2) is 36.4 Å². The van der Waals surface area contributed by atoms with E-state index in [1.54, 1.807) is 0 Å². The predicted octanol–water partition coefficient (Wildman–Crippen LogP) is 6.72. The van der Waals surface area contributed by atoms with Crippen LogP contribution in [-0.2, 0) is 18.5 Å². The summed E-state index contributed by atoms with van der Waals surface area (Å²) in [5, 5.41) is 0. The molecule has 0 aliphatic carbocycles. The van der Waals surface area contributed by atoms with Crippen molar-refractivity contribution < 1.29 is 39.5 Å². The number of rotatable bonds is 1. The summed E-state index contributed by atoms with van der Waals surface area (Å²) >= 11 is 0. The van der Waals surface area contributed by atoms with E-state index in [2.05, 4.69) is 0 Å². The molecule has 2 aromatic carbocycles. The normalized spacial score (nSPS) is 13.2. The van der Waals surface area contributed by atoms with Crippen molar-refractivity contribution in [2.75, 3.05) is 0 Å². The minimum atomic E-state index is -5.10. The van der Waals surface area contributed by atoms with Gasteiger partial charge in [0.25, 0.3) is 0 Å². The van der Waals surface area contributed by atoms with Gasteiger partial charge in [-0.3, -0.25) is 0 Å². The first kappa shape index (κ1) is 19.1. The fraction of sp³-hybridized carbons (Fsp3) is 0.250. The van der Waals surface area contributed by atoms with Crippen LogP contribution >= 0.6 is 0 Å². The van der Waals surface area contributed by atoms with Crippen LogP contribution in [-0.4, -0.2) is 0 Å². The maximum Gasteiger partial charge on any atom is 0.417 e. The molecule has 0 heterocycles. The predicted molar refractivity (Wildman–Crippen MR) is 71.6 cm³/mol. The lowest BCUT2D eigenvalue weighted by Gasteiger charge is -2.17. The molecule has 0 saturated heterocycles. The minimum Gasteiger partial charge on any atom is -0.166 e. The maximum atomic E-state index is 13.1. The number of aryl methyl sites for hydroxylation is 1. The van der Waals surface area contributed by atoms with Crippen molar-refractivity contribution in [2.24, 2.45) is 0 Å². The van der Waals surface area contributed by atoms with Crippen molar-refractivity contribution in [3.05, 3.63) is 58.7 Å². The highest BCUT2D eigenvalue weighted by atomic mass is 19.4. The van der Waals surface area contributed by atoms with Crippen molar-refractivity contribution in [1.82, 2.24) is 0 Å². The van der Waals surface area contributed by atoms with E-state index in [0.29, 0.717) is 18.2 Å². The van der Waals surface area contributed by atoms with Gasteiger partial charge in [0.1, 0.15) is 0 Å². The molecule has 0 aliphatic rings. The molecule has 9 heteroatoms. The van der Waals surface area contributed by atoms with Crippen molar-refractivity contribution >= 4 is 0 Å². The van der Waals surface area contributed by atoms with Crippen molar-refractivity contribution in [3.63, 3.8) is 0 Å². The van der Waals surface area contributed by atoms with Crippen LogP contribution in [0.5, 0.6) is 0 Å². The maximum absolute atomic E-state index is 13.1. The van der Waals surface area contributed by atoms with Crippen LogP contribution in [0.4, 0.5) is 39.5 Å². The molecule has 0 spiro atoms. The molecule has 0 amide bonds. The zero-order valence-corrected chi connectivity index (χ0v) is 12.4. The second-order valence-corrected chi connectivity index (χ2v) is 5.28. The summed E-state index contributed by atoms with van der Waals surface area (Å²) in [5.41, 5.74) is -5.31. The van der Waals surface area contributed by atoms with Gasteiger partial charge in [-0.25, -0.2) is 0 Å². The Balaban J connectivity index is 2.65. The molecule has 0 unspecified atom stereocenters. The Labute approximate surface area is 135 Å². The number of alkyl halides is 9. The Hall–Kier alpha value is -2.19. The molecule has 136 valence electrons. The van der Waals surface area contributed by atoms with Gasteiger partial charge in [0.15, 0.2) is 0 Å². The standard InChI is InChI=1S/C16H9F9/c1-8-6-9(2-5-12(8)15(20,21)22)11-4-3-10(14(17,18)19)7-13(11)16(23,24)25/h2-7H,1H3. The Kier molecular flexibility index (Phi) is 4.56. The van der Waals surface area contributed by atoms with Gasteiger partial charge in [-0.05, 0) is 41.8 Å². The van der Waals surface area contributed by atoms with Crippen LogP contribution in [0.2, 0.25) is 0 Å². The Bertz CT molecular complexity index is 780. The molecule has 0 saturated carbocycles. The molecule has 0 aliphatic heterocycles. The first-order valence-corrected chi connectivity index (χ1v) is 6.68. The number of halogens is 9. The average molecular weight is 372 g/mol. The van der Waals surface area contributed by atoms with E-state index in [1.807, 2.05) is 0 Å². The molecule has 2 rings (SSSR count). The van der Waals surface area contributed by atoms with Crippen LogP contribution in [0, 0.1) is 6.92 Å². The van der Waals surface area contributed by atoms with Gasteiger partial charge in [0, 0.05) is 0 Å². The fourth-order valence-electron chi connectivity index (χ4n) is 2.36. The number of hydrogen-bond acceptors (Lipinski definition) is 0.